The maximum atomic E-state index is 5.62. The quantitative estimate of drug-likeness (QED) is 0.190. The minimum Gasteiger partial charge on any atom is -0.493 e. The minimum atomic E-state index is 0. The van der Waals surface area contributed by atoms with Gasteiger partial charge in [0.15, 0.2) is 17.5 Å². The van der Waals surface area contributed by atoms with E-state index in [2.05, 4.69) is 21.7 Å². The maximum Gasteiger partial charge on any atom is 0.191 e. The first-order valence-corrected chi connectivity index (χ1v) is 9.06. The van der Waals surface area contributed by atoms with E-state index < -0.39 is 0 Å². The predicted molar refractivity (Wildman–Crippen MR) is 120 cm³/mol. The SMILES string of the molecule is CCOc1cc(CCCNC(=NC)NCCOCCOC)ccc1OC.I. The Morgan fingerprint density at radius 3 is 2.48 bits per heavy atom. The summed E-state index contributed by atoms with van der Waals surface area (Å²) in [6, 6.07) is 6.08. The Hall–Kier alpha value is -1.26. The summed E-state index contributed by atoms with van der Waals surface area (Å²) in [6.45, 7) is 5.98. The van der Waals surface area contributed by atoms with Gasteiger partial charge in [0, 0.05) is 27.2 Å². The highest BCUT2D eigenvalue weighted by atomic mass is 127. The summed E-state index contributed by atoms with van der Waals surface area (Å²) in [5.41, 5.74) is 1.23. The lowest BCUT2D eigenvalue weighted by atomic mass is 10.1. The molecule has 1 aromatic carbocycles. The summed E-state index contributed by atoms with van der Waals surface area (Å²) in [6.07, 6.45) is 1.94. The van der Waals surface area contributed by atoms with Crippen LogP contribution < -0.4 is 20.1 Å². The number of nitrogens with one attached hydrogen (secondary N) is 2. The van der Waals surface area contributed by atoms with Crippen molar-refractivity contribution in [2.75, 3.05) is 60.8 Å². The Balaban J connectivity index is 0.00000676. The number of halogens is 1. The Labute approximate surface area is 180 Å². The average Bonchev–Trinajstić information content (AvgIpc) is 2.66. The van der Waals surface area contributed by atoms with Crippen molar-refractivity contribution < 1.29 is 18.9 Å². The minimum absolute atomic E-state index is 0. The van der Waals surface area contributed by atoms with Crippen molar-refractivity contribution in [1.82, 2.24) is 10.6 Å². The van der Waals surface area contributed by atoms with Crippen molar-refractivity contribution in [3.8, 4) is 11.5 Å². The highest BCUT2D eigenvalue weighted by Crippen LogP contribution is 2.28. The molecule has 0 aliphatic heterocycles. The van der Waals surface area contributed by atoms with Crippen molar-refractivity contribution in [1.29, 1.82) is 0 Å². The Bertz CT molecular complexity index is 530. The molecule has 0 radical (unpaired) electrons. The lowest BCUT2D eigenvalue weighted by Crippen LogP contribution is -2.39. The molecule has 1 aromatic rings. The van der Waals surface area contributed by atoms with Crippen molar-refractivity contribution >= 4 is 29.9 Å². The molecule has 0 heterocycles. The normalized spacial score (nSPS) is 10.9. The summed E-state index contributed by atoms with van der Waals surface area (Å²) in [5.74, 6) is 2.35. The number of guanidine groups is 1. The van der Waals surface area contributed by atoms with E-state index >= 15 is 0 Å². The van der Waals surface area contributed by atoms with Gasteiger partial charge in [0.1, 0.15) is 0 Å². The van der Waals surface area contributed by atoms with Gasteiger partial charge < -0.3 is 29.6 Å². The number of ether oxygens (including phenoxy) is 4. The van der Waals surface area contributed by atoms with Crippen LogP contribution in [0.2, 0.25) is 0 Å². The highest BCUT2D eigenvalue weighted by Gasteiger charge is 2.05. The van der Waals surface area contributed by atoms with E-state index in [0.29, 0.717) is 33.0 Å². The van der Waals surface area contributed by atoms with Crippen LogP contribution >= 0.6 is 24.0 Å². The number of hydrogen-bond donors (Lipinski definition) is 2. The standard InChI is InChI=1S/C19H33N3O4.HI/c1-5-26-18-15-16(8-9-17(18)24-4)7-6-10-21-19(20-2)22-11-12-25-14-13-23-3;/h8-9,15H,5-7,10-14H2,1-4H3,(H2,20,21,22);1H. The van der Waals surface area contributed by atoms with Gasteiger partial charge in [-0.2, -0.15) is 0 Å². The number of nitrogens with zero attached hydrogens (tertiary/aromatic N) is 1. The van der Waals surface area contributed by atoms with E-state index in [1.54, 1.807) is 21.3 Å². The van der Waals surface area contributed by atoms with E-state index in [4.69, 9.17) is 18.9 Å². The summed E-state index contributed by atoms with van der Waals surface area (Å²) in [4.78, 5) is 4.21. The Morgan fingerprint density at radius 1 is 1.04 bits per heavy atom. The second-order valence-electron chi connectivity index (χ2n) is 5.55. The van der Waals surface area contributed by atoms with Crippen LogP contribution in [0.25, 0.3) is 0 Å². The van der Waals surface area contributed by atoms with Crippen LogP contribution in [0.3, 0.4) is 0 Å². The number of benzene rings is 1. The zero-order valence-electron chi connectivity index (χ0n) is 16.9. The second-order valence-corrected chi connectivity index (χ2v) is 5.55. The van der Waals surface area contributed by atoms with E-state index in [1.807, 2.05) is 19.1 Å². The number of hydrogen-bond acceptors (Lipinski definition) is 5. The zero-order chi connectivity index (χ0) is 19.0. The fourth-order valence-corrected chi connectivity index (χ4v) is 2.35. The monoisotopic (exact) mass is 495 g/mol. The molecule has 0 saturated carbocycles. The van der Waals surface area contributed by atoms with E-state index in [9.17, 15) is 0 Å². The predicted octanol–water partition coefficient (Wildman–Crippen LogP) is 2.47. The van der Waals surface area contributed by atoms with Crippen molar-refractivity contribution in [3.05, 3.63) is 23.8 Å². The molecular formula is C19H34IN3O4. The molecule has 0 saturated heterocycles. The zero-order valence-corrected chi connectivity index (χ0v) is 19.2. The fraction of sp³-hybridized carbons (Fsp3) is 0.632. The molecule has 0 aliphatic rings. The lowest BCUT2D eigenvalue weighted by molar-refractivity contribution is 0.0733. The first kappa shape index (κ1) is 25.7. The smallest absolute Gasteiger partial charge is 0.191 e. The van der Waals surface area contributed by atoms with Gasteiger partial charge in [-0.25, -0.2) is 0 Å². The highest BCUT2D eigenvalue weighted by molar-refractivity contribution is 14.0. The molecule has 8 heteroatoms. The van der Waals surface area contributed by atoms with E-state index in [1.165, 1.54) is 5.56 Å². The summed E-state index contributed by atoms with van der Waals surface area (Å²) in [5, 5.41) is 6.53. The van der Waals surface area contributed by atoms with Crippen molar-refractivity contribution in [2.45, 2.75) is 19.8 Å². The largest absolute Gasteiger partial charge is 0.493 e. The number of aryl methyl sites for hydroxylation is 1. The second kappa shape index (κ2) is 16.9. The van der Waals surface area contributed by atoms with Gasteiger partial charge in [-0.3, -0.25) is 4.99 Å². The molecule has 1 rings (SSSR count). The van der Waals surface area contributed by atoms with Crippen LogP contribution in [-0.4, -0.2) is 66.7 Å². The molecular weight excluding hydrogens is 461 g/mol. The third-order valence-corrected chi connectivity index (χ3v) is 3.66. The van der Waals surface area contributed by atoms with Crippen molar-refractivity contribution in [2.24, 2.45) is 4.99 Å². The number of rotatable bonds is 13. The molecule has 0 spiro atoms. The topological polar surface area (TPSA) is 73.3 Å². The Morgan fingerprint density at radius 2 is 1.81 bits per heavy atom. The molecule has 0 atom stereocenters. The first-order valence-electron chi connectivity index (χ1n) is 9.06. The molecule has 2 N–H and O–H groups in total. The van der Waals surface area contributed by atoms with Crippen LogP contribution in [0.15, 0.2) is 23.2 Å². The van der Waals surface area contributed by atoms with Gasteiger partial charge in [-0.05, 0) is 37.5 Å². The molecule has 7 nitrogen and oxygen atoms in total. The van der Waals surface area contributed by atoms with Crippen molar-refractivity contribution in [3.63, 3.8) is 0 Å². The van der Waals surface area contributed by atoms with Gasteiger partial charge >= 0.3 is 0 Å². The van der Waals surface area contributed by atoms with Gasteiger partial charge in [0.25, 0.3) is 0 Å². The van der Waals surface area contributed by atoms with Gasteiger partial charge in [-0.1, -0.05) is 6.07 Å². The van der Waals surface area contributed by atoms with Gasteiger partial charge in [0.05, 0.1) is 33.5 Å². The molecule has 156 valence electrons. The first-order chi connectivity index (χ1) is 12.7. The third-order valence-electron chi connectivity index (χ3n) is 3.66. The summed E-state index contributed by atoms with van der Waals surface area (Å²) >= 11 is 0. The molecule has 27 heavy (non-hydrogen) atoms. The van der Waals surface area contributed by atoms with Gasteiger partial charge in [-0.15, -0.1) is 24.0 Å². The van der Waals surface area contributed by atoms with Crippen LogP contribution in [0, 0.1) is 0 Å². The fourth-order valence-electron chi connectivity index (χ4n) is 2.35. The number of aliphatic imine (C=N–C) groups is 1. The van der Waals surface area contributed by atoms with Crippen LogP contribution in [0.4, 0.5) is 0 Å². The molecule has 0 aliphatic carbocycles. The molecule has 0 aromatic heterocycles. The van der Waals surface area contributed by atoms with Gasteiger partial charge in [0.2, 0.25) is 0 Å². The molecule has 0 amide bonds. The average molecular weight is 495 g/mol. The van der Waals surface area contributed by atoms with Crippen LogP contribution in [0.1, 0.15) is 18.9 Å². The lowest BCUT2D eigenvalue weighted by Gasteiger charge is -2.13. The number of methoxy groups -OCH3 is 2. The maximum absolute atomic E-state index is 5.62. The van der Waals surface area contributed by atoms with Crippen LogP contribution in [-0.2, 0) is 15.9 Å². The summed E-state index contributed by atoms with van der Waals surface area (Å²) < 4.78 is 21.3. The molecule has 0 unspecified atom stereocenters. The molecule has 0 fully saturated rings. The van der Waals surface area contributed by atoms with Crippen LogP contribution in [0.5, 0.6) is 11.5 Å². The molecule has 0 bridgehead atoms. The Kier molecular flexibility index (Phi) is 16.1. The summed E-state index contributed by atoms with van der Waals surface area (Å²) in [7, 11) is 5.08. The van der Waals surface area contributed by atoms with E-state index in [0.717, 1.165) is 36.8 Å². The third kappa shape index (κ3) is 11.2. The van der Waals surface area contributed by atoms with E-state index in [-0.39, 0.29) is 24.0 Å².